The van der Waals surface area contributed by atoms with Crippen LogP contribution in [-0.2, 0) is 4.79 Å². The standard InChI is InChI=1S/C14H26N2O/c17-14(15-13-7-6-8-13)9-2-5-12-16-10-3-1-4-11-16/h13H,1-12H2,(H,15,17). The van der Waals surface area contributed by atoms with Crippen molar-refractivity contribution >= 4 is 5.91 Å². The van der Waals surface area contributed by atoms with Gasteiger partial charge in [-0.25, -0.2) is 0 Å². The highest BCUT2D eigenvalue weighted by Crippen LogP contribution is 2.18. The predicted molar refractivity (Wildman–Crippen MR) is 69.9 cm³/mol. The van der Waals surface area contributed by atoms with Crippen LogP contribution in [0.5, 0.6) is 0 Å². The fourth-order valence-corrected chi connectivity index (χ4v) is 2.66. The van der Waals surface area contributed by atoms with Crippen LogP contribution in [0.1, 0.15) is 57.8 Å². The van der Waals surface area contributed by atoms with E-state index in [-0.39, 0.29) is 5.91 Å². The van der Waals surface area contributed by atoms with Crippen molar-refractivity contribution in [3.63, 3.8) is 0 Å². The number of hydrogen-bond acceptors (Lipinski definition) is 2. The third-order valence-electron chi connectivity index (χ3n) is 4.05. The molecule has 0 bridgehead atoms. The Balaban J connectivity index is 1.45. The summed E-state index contributed by atoms with van der Waals surface area (Å²) >= 11 is 0. The minimum atomic E-state index is 0.272. The number of nitrogens with one attached hydrogen (secondary N) is 1. The Kier molecular flexibility index (Phi) is 5.30. The first-order valence-electron chi connectivity index (χ1n) is 7.36. The van der Waals surface area contributed by atoms with E-state index in [0.29, 0.717) is 6.04 Å². The molecule has 3 heteroatoms. The lowest BCUT2D eigenvalue weighted by molar-refractivity contribution is -0.122. The predicted octanol–water partition coefficient (Wildman–Crippen LogP) is 2.31. The highest BCUT2D eigenvalue weighted by molar-refractivity contribution is 5.76. The third-order valence-corrected chi connectivity index (χ3v) is 4.05. The summed E-state index contributed by atoms with van der Waals surface area (Å²) in [5, 5.41) is 3.10. The van der Waals surface area contributed by atoms with Crippen LogP contribution < -0.4 is 5.32 Å². The van der Waals surface area contributed by atoms with Crippen LogP contribution in [-0.4, -0.2) is 36.5 Å². The van der Waals surface area contributed by atoms with E-state index in [1.165, 1.54) is 64.6 Å². The van der Waals surface area contributed by atoms with Crippen molar-refractivity contribution in [2.75, 3.05) is 19.6 Å². The first-order chi connectivity index (χ1) is 8.34. The second-order valence-electron chi connectivity index (χ2n) is 5.55. The molecule has 0 atom stereocenters. The van der Waals surface area contributed by atoms with Gasteiger partial charge < -0.3 is 10.2 Å². The van der Waals surface area contributed by atoms with E-state index in [4.69, 9.17) is 0 Å². The molecule has 1 amide bonds. The monoisotopic (exact) mass is 238 g/mol. The van der Waals surface area contributed by atoms with Crippen LogP contribution in [0.4, 0.5) is 0 Å². The van der Waals surface area contributed by atoms with E-state index in [1.54, 1.807) is 0 Å². The van der Waals surface area contributed by atoms with Gasteiger partial charge in [0.2, 0.25) is 5.91 Å². The number of piperidine rings is 1. The normalized spacial score (nSPS) is 22.1. The van der Waals surface area contributed by atoms with Gasteiger partial charge in [-0.1, -0.05) is 6.42 Å². The van der Waals surface area contributed by atoms with Crippen molar-refractivity contribution in [3.8, 4) is 0 Å². The summed E-state index contributed by atoms with van der Waals surface area (Å²) in [5.74, 6) is 0.272. The second-order valence-corrected chi connectivity index (χ2v) is 5.55. The van der Waals surface area contributed by atoms with Gasteiger partial charge in [0.15, 0.2) is 0 Å². The Morgan fingerprint density at radius 2 is 1.82 bits per heavy atom. The van der Waals surface area contributed by atoms with Gasteiger partial charge in [-0.2, -0.15) is 0 Å². The highest BCUT2D eigenvalue weighted by Gasteiger charge is 2.18. The molecule has 2 fully saturated rings. The zero-order valence-electron chi connectivity index (χ0n) is 10.9. The number of carbonyl (C=O) groups is 1. The topological polar surface area (TPSA) is 32.3 Å². The van der Waals surface area contributed by atoms with E-state index in [9.17, 15) is 4.79 Å². The van der Waals surface area contributed by atoms with Crippen molar-refractivity contribution in [1.82, 2.24) is 10.2 Å². The molecule has 0 radical (unpaired) electrons. The molecule has 0 unspecified atom stereocenters. The van der Waals surface area contributed by atoms with Crippen LogP contribution >= 0.6 is 0 Å². The van der Waals surface area contributed by atoms with Gasteiger partial charge in [-0.3, -0.25) is 4.79 Å². The summed E-state index contributed by atoms with van der Waals surface area (Å²) in [6.45, 7) is 3.74. The molecule has 0 aromatic heterocycles. The van der Waals surface area contributed by atoms with Gasteiger partial charge in [-0.15, -0.1) is 0 Å². The van der Waals surface area contributed by atoms with Crippen molar-refractivity contribution in [2.45, 2.75) is 63.8 Å². The lowest BCUT2D eigenvalue weighted by atomic mass is 9.93. The number of hydrogen-bond donors (Lipinski definition) is 1. The molecule has 1 aliphatic carbocycles. The molecule has 1 heterocycles. The van der Waals surface area contributed by atoms with Crippen molar-refractivity contribution in [1.29, 1.82) is 0 Å². The Labute approximate surface area is 105 Å². The second kappa shape index (κ2) is 7.00. The Morgan fingerprint density at radius 1 is 1.06 bits per heavy atom. The molecule has 0 aromatic carbocycles. The molecular weight excluding hydrogens is 212 g/mol. The zero-order chi connectivity index (χ0) is 11.9. The summed E-state index contributed by atoms with van der Waals surface area (Å²) in [6.07, 6.45) is 10.8. The molecule has 98 valence electrons. The van der Waals surface area contributed by atoms with Gasteiger partial charge in [0.05, 0.1) is 0 Å². The molecule has 2 aliphatic rings. The van der Waals surface area contributed by atoms with E-state index in [2.05, 4.69) is 10.2 Å². The molecule has 1 saturated heterocycles. The minimum absolute atomic E-state index is 0.272. The van der Waals surface area contributed by atoms with Gasteiger partial charge in [0.1, 0.15) is 0 Å². The zero-order valence-corrected chi connectivity index (χ0v) is 10.9. The Morgan fingerprint density at radius 3 is 2.47 bits per heavy atom. The SMILES string of the molecule is O=C(CCCCN1CCCCC1)NC1CCC1. The molecule has 17 heavy (non-hydrogen) atoms. The lowest BCUT2D eigenvalue weighted by Crippen LogP contribution is -2.39. The quantitative estimate of drug-likeness (QED) is 0.720. The summed E-state index contributed by atoms with van der Waals surface area (Å²) in [6, 6.07) is 0.504. The van der Waals surface area contributed by atoms with Gasteiger partial charge in [-0.05, 0) is 64.6 Å². The average Bonchev–Trinajstić information content (AvgIpc) is 2.31. The van der Waals surface area contributed by atoms with Crippen molar-refractivity contribution in [3.05, 3.63) is 0 Å². The minimum Gasteiger partial charge on any atom is -0.353 e. The van der Waals surface area contributed by atoms with Crippen LogP contribution in [0.3, 0.4) is 0 Å². The van der Waals surface area contributed by atoms with E-state index < -0.39 is 0 Å². The molecule has 1 aliphatic heterocycles. The molecule has 1 saturated carbocycles. The van der Waals surface area contributed by atoms with Crippen molar-refractivity contribution in [2.24, 2.45) is 0 Å². The Hall–Kier alpha value is -0.570. The smallest absolute Gasteiger partial charge is 0.220 e. The fourth-order valence-electron chi connectivity index (χ4n) is 2.66. The number of nitrogens with zero attached hydrogens (tertiary/aromatic N) is 1. The molecule has 1 N–H and O–H groups in total. The van der Waals surface area contributed by atoms with Gasteiger partial charge in [0.25, 0.3) is 0 Å². The number of carbonyl (C=O) groups excluding carboxylic acids is 1. The van der Waals surface area contributed by atoms with Gasteiger partial charge in [0, 0.05) is 12.5 Å². The fraction of sp³-hybridized carbons (Fsp3) is 0.929. The number of rotatable bonds is 6. The van der Waals surface area contributed by atoms with Crippen molar-refractivity contribution < 1.29 is 4.79 Å². The molecule has 0 aromatic rings. The number of unbranched alkanes of at least 4 members (excludes halogenated alkanes) is 1. The van der Waals surface area contributed by atoms with E-state index >= 15 is 0 Å². The first-order valence-corrected chi connectivity index (χ1v) is 7.36. The largest absolute Gasteiger partial charge is 0.353 e. The van der Waals surface area contributed by atoms with Crippen LogP contribution in [0, 0.1) is 0 Å². The summed E-state index contributed by atoms with van der Waals surface area (Å²) < 4.78 is 0. The summed E-state index contributed by atoms with van der Waals surface area (Å²) in [5.41, 5.74) is 0. The maximum atomic E-state index is 11.6. The van der Waals surface area contributed by atoms with E-state index in [1.807, 2.05) is 0 Å². The third kappa shape index (κ3) is 4.66. The number of amides is 1. The summed E-state index contributed by atoms with van der Waals surface area (Å²) in [7, 11) is 0. The Bertz CT molecular complexity index is 232. The summed E-state index contributed by atoms with van der Waals surface area (Å²) in [4.78, 5) is 14.1. The number of likely N-dealkylation sites (tertiary alicyclic amines) is 1. The first kappa shape index (κ1) is 12.9. The molecule has 0 spiro atoms. The lowest BCUT2D eigenvalue weighted by Gasteiger charge is -2.27. The molecule has 2 rings (SSSR count). The molecule has 3 nitrogen and oxygen atoms in total. The van der Waals surface area contributed by atoms with Crippen LogP contribution in [0.25, 0.3) is 0 Å². The maximum Gasteiger partial charge on any atom is 0.220 e. The van der Waals surface area contributed by atoms with Gasteiger partial charge >= 0.3 is 0 Å². The van der Waals surface area contributed by atoms with E-state index in [0.717, 1.165) is 12.8 Å². The highest BCUT2D eigenvalue weighted by atomic mass is 16.1. The van der Waals surface area contributed by atoms with Crippen LogP contribution in [0.15, 0.2) is 0 Å². The molecular formula is C14H26N2O. The average molecular weight is 238 g/mol. The maximum absolute atomic E-state index is 11.6. The van der Waals surface area contributed by atoms with Crippen LogP contribution in [0.2, 0.25) is 0 Å².